The minimum atomic E-state index is -1.20. The van der Waals surface area contributed by atoms with Crippen LogP contribution >= 0.6 is 15.9 Å². The molecule has 2 aromatic carbocycles. The summed E-state index contributed by atoms with van der Waals surface area (Å²) in [6.07, 6.45) is 0. The van der Waals surface area contributed by atoms with E-state index < -0.39 is 23.2 Å². The third-order valence-corrected chi connectivity index (χ3v) is 2.82. The minimum Gasteiger partial charge on any atom is -0.451 e. The third-order valence-electron chi connectivity index (χ3n) is 2.36. The highest BCUT2D eigenvalue weighted by atomic mass is 79.9. The van der Waals surface area contributed by atoms with Crippen molar-refractivity contribution in [3.05, 3.63) is 57.8 Å². The Bertz CT molecular complexity index is 617. The Morgan fingerprint density at radius 3 is 2.37 bits per heavy atom. The van der Waals surface area contributed by atoms with E-state index in [1.54, 1.807) is 0 Å². The topological polar surface area (TPSA) is 29.5 Å². The van der Waals surface area contributed by atoms with Crippen LogP contribution in [-0.2, 0) is 6.61 Å². The van der Waals surface area contributed by atoms with E-state index >= 15 is 0 Å². The molecule has 0 aromatic heterocycles. The number of rotatable bonds is 3. The van der Waals surface area contributed by atoms with Crippen LogP contribution in [0.5, 0.6) is 11.5 Å². The zero-order valence-electron chi connectivity index (χ0n) is 9.46. The van der Waals surface area contributed by atoms with Gasteiger partial charge in [0.1, 0.15) is 0 Å². The lowest BCUT2D eigenvalue weighted by Gasteiger charge is -2.09. The number of aliphatic hydroxyl groups is 1. The van der Waals surface area contributed by atoms with Crippen LogP contribution in [0.3, 0.4) is 0 Å². The molecule has 2 rings (SSSR count). The van der Waals surface area contributed by atoms with Crippen LogP contribution in [-0.4, -0.2) is 5.11 Å². The maximum atomic E-state index is 13.6. The van der Waals surface area contributed by atoms with Crippen molar-refractivity contribution in [3.8, 4) is 11.5 Å². The molecule has 100 valence electrons. The molecule has 19 heavy (non-hydrogen) atoms. The maximum absolute atomic E-state index is 13.6. The summed E-state index contributed by atoms with van der Waals surface area (Å²) < 4.78 is 45.5. The van der Waals surface area contributed by atoms with Gasteiger partial charge in [-0.1, -0.05) is 22.0 Å². The second-order valence-electron chi connectivity index (χ2n) is 3.72. The molecule has 0 saturated heterocycles. The first kappa shape index (κ1) is 13.9. The predicted octanol–water partition coefficient (Wildman–Crippen LogP) is 4.15. The second-order valence-corrected chi connectivity index (χ2v) is 4.64. The van der Waals surface area contributed by atoms with Gasteiger partial charge in [-0.3, -0.25) is 0 Å². The molecule has 0 bridgehead atoms. The molecule has 2 aromatic rings. The number of aliphatic hydroxyl groups excluding tert-OH is 1. The quantitative estimate of drug-likeness (QED) is 0.855. The number of ether oxygens (including phenoxy) is 1. The van der Waals surface area contributed by atoms with Gasteiger partial charge in [0.05, 0.1) is 6.61 Å². The Morgan fingerprint density at radius 1 is 1.00 bits per heavy atom. The van der Waals surface area contributed by atoms with Gasteiger partial charge in [0, 0.05) is 4.47 Å². The molecule has 6 heteroatoms. The van der Waals surface area contributed by atoms with E-state index in [2.05, 4.69) is 15.9 Å². The molecule has 0 atom stereocenters. The predicted molar refractivity (Wildman–Crippen MR) is 66.5 cm³/mol. The van der Waals surface area contributed by atoms with Gasteiger partial charge in [-0.2, -0.15) is 4.39 Å². The number of hydrogen-bond donors (Lipinski definition) is 1. The van der Waals surface area contributed by atoms with Crippen molar-refractivity contribution in [2.75, 3.05) is 0 Å². The van der Waals surface area contributed by atoms with Crippen molar-refractivity contribution in [1.29, 1.82) is 0 Å². The Morgan fingerprint density at radius 2 is 1.74 bits per heavy atom. The third kappa shape index (κ3) is 3.08. The van der Waals surface area contributed by atoms with Crippen LogP contribution in [0.15, 0.2) is 34.8 Å². The highest BCUT2D eigenvalue weighted by molar-refractivity contribution is 9.10. The number of hydrogen-bond acceptors (Lipinski definition) is 2. The Hall–Kier alpha value is -1.53. The summed E-state index contributed by atoms with van der Waals surface area (Å²) in [6.45, 7) is -0.322. The number of benzene rings is 2. The molecule has 0 spiro atoms. The Labute approximate surface area is 115 Å². The summed E-state index contributed by atoms with van der Waals surface area (Å²) >= 11 is 2.99. The van der Waals surface area contributed by atoms with Gasteiger partial charge in [-0.05, 0) is 29.8 Å². The van der Waals surface area contributed by atoms with E-state index in [9.17, 15) is 13.2 Å². The molecule has 0 heterocycles. The molecular weight excluding hydrogens is 325 g/mol. The fourth-order valence-electron chi connectivity index (χ4n) is 1.45. The summed E-state index contributed by atoms with van der Waals surface area (Å²) in [7, 11) is 0. The van der Waals surface area contributed by atoms with Gasteiger partial charge in [0.15, 0.2) is 23.1 Å². The molecule has 1 N–H and O–H groups in total. The molecule has 0 aliphatic rings. The highest BCUT2D eigenvalue weighted by Gasteiger charge is 2.14. The summed E-state index contributed by atoms with van der Waals surface area (Å²) in [5, 5.41) is 8.84. The first-order valence-electron chi connectivity index (χ1n) is 5.23. The summed E-state index contributed by atoms with van der Waals surface area (Å²) in [5.74, 6) is -3.76. The van der Waals surface area contributed by atoms with E-state index in [0.29, 0.717) is 5.56 Å². The molecule has 0 unspecified atom stereocenters. The molecule has 0 aliphatic carbocycles. The molecule has 0 saturated carbocycles. The van der Waals surface area contributed by atoms with Crippen LogP contribution in [0, 0.1) is 17.5 Å². The molecule has 2 nitrogen and oxygen atoms in total. The number of halogens is 4. The van der Waals surface area contributed by atoms with Crippen molar-refractivity contribution < 1.29 is 23.0 Å². The Balaban J connectivity index is 2.36. The second kappa shape index (κ2) is 5.63. The van der Waals surface area contributed by atoms with Gasteiger partial charge in [0.2, 0.25) is 5.82 Å². The van der Waals surface area contributed by atoms with E-state index in [4.69, 9.17) is 9.84 Å². The lowest BCUT2D eigenvalue weighted by atomic mass is 10.2. The fourth-order valence-corrected chi connectivity index (χ4v) is 1.86. The molecular formula is C13H8BrF3O2. The Kier molecular flexibility index (Phi) is 4.11. The molecule has 0 radical (unpaired) electrons. The normalized spacial score (nSPS) is 10.6. The van der Waals surface area contributed by atoms with E-state index in [-0.39, 0.29) is 16.8 Å². The average Bonchev–Trinajstić information content (AvgIpc) is 2.37. The minimum absolute atomic E-state index is 0.256. The first-order valence-corrected chi connectivity index (χ1v) is 6.02. The molecule has 0 aliphatic heterocycles. The van der Waals surface area contributed by atoms with Crippen molar-refractivity contribution >= 4 is 15.9 Å². The van der Waals surface area contributed by atoms with Crippen LogP contribution in [0.4, 0.5) is 13.2 Å². The first-order chi connectivity index (χ1) is 9.01. The lowest BCUT2D eigenvalue weighted by Crippen LogP contribution is -1.95. The SMILES string of the molecule is OCc1ccc(Oc2cc(Br)cc(F)c2F)c(F)c1. The van der Waals surface area contributed by atoms with E-state index in [1.165, 1.54) is 18.2 Å². The van der Waals surface area contributed by atoms with Crippen LogP contribution in [0.2, 0.25) is 0 Å². The van der Waals surface area contributed by atoms with Gasteiger partial charge < -0.3 is 9.84 Å². The fraction of sp³-hybridized carbons (Fsp3) is 0.0769. The van der Waals surface area contributed by atoms with E-state index in [1.807, 2.05) is 0 Å². The summed E-state index contributed by atoms with van der Waals surface area (Å²) in [5.41, 5.74) is 0.353. The van der Waals surface area contributed by atoms with Gasteiger partial charge in [0.25, 0.3) is 0 Å². The van der Waals surface area contributed by atoms with Crippen LogP contribution < -0.4 is 4.74 Å². The van der Waals surface area contributed by atoms with Crippen molar-refractivity contribution in [1.82, 2.24) is 0 Å². The van der Waals surface area contributed by atoms with Crippen LogP contribution in [0.1, 0.15) is 5.56 Å². The largest absolute Gasteiger partial charge is 0.451 e. The van der Waals surface area contributed by atoms with Crippen molar-refractivity contribution in [2.24, 2.45) is 0 Å². The zero-order chi connectivity index (χ0) is 14.0. The maximum Gasteiger partial charge on any atom is 0.201 e. The smallest absolute Gasteiger partial charge is 0.201 e. The average molecular weight is 333 g/mol. The monoisotopic (exact) mass is 332 g/mol. The van der Waals surface area contributed by atoms with Crippen molar-refractivity contribution in [2.45, 2.75) is 6.61 Å². The molecule has 0 fully saturated rings. The highest BCUT2D eigenvalue weighted by Crippen LogP contribution is 2.31. The lowest BCUT2D eigenvalue weighted by molar-refractivity contribution is 0.281. The van der Waals surface area contributed by atoms with Gasteiger partial charge >= 0.3 is 0 Å². The summed E-state index contributed by atoms with van der Waals surface area (Å²) in [6, 6.07) is 5.84. The molecule has 0 amide bonds. The van der Waals surface area contributed by atoms with Gasteiger partial charge in [-0.15, -0.1) is 0 Å². The van der Waals surface area contributed by atoms with Crippen LogP contribution in [0.25, 0.3) is 0 Å². The van der Waals surface area contributed by atoms with E-state index in [0.717, 1.165) is 12.1 Å². The van der Waals surface area contributed by atoms with Gasteiger partial charge in [-0.25, -0.2) is 8.78 Å². The summed E-state index contributed by atoms with van der Waals surface area (Å²) in [4.78, 5) is 0. The standard InChI is InChI=1S/C13H8BrF3O2/c14-8-4-10(16)13(17)12(5-8)19-11-2-1-7(6-18)3-9(11)15/h1-5,18H,6H2. The zero-order valence-corrected chi connectivity index (χ0v) is 11.0. The van der Waals surface area contributed by atoms with Crippen molar-refractivity contribution in [3.63, 3.8) is 0 Å².